The van der Waals surface area contributed by atoms with Crippen molar-refractivity contribution in [3.05, 3.63) is 76.2 Å². The lowest BCUT2D eigenvalue weighted by Gasteiger charge is -2.30. The number of amidine groups is 1. The maximum absolute atomic E-state index is 13.3. The maximum atomic E-state index is 13.3. The summed E-state index contributed by atoms with van der Waals surface area (Å²) in [6, 6.07) is 9.65. The molecule has 3 N–H and O–H groups in total. The number of carbonyl (C=O) groups excluding carboxylic acids is 1. The Morgan fingerprint density at radius 1 is 0.972 bits per heavy atom. The van der Waals surface area contributed by atoms with Crippen LogP contribution in [0.1, 0.15) is 35.1 Å². The van der Waals surface area contributed by atoms with E-state index in [9.17, 15) is 31.1 Å². The molecule has 0 atom stereocenters. The van der Waals surface area contributed by atoms with Gasteiger partial charge in [0.1, 0.15) is 10.8 Å². The Morgan fingerprint density at radius 3 is 2.14 bits per heavy atom. The third kappa shape index (κ3) is 4.29. The van der Waals surface area contributed by atoms with E-state index in [1.807, 2.05) is 11.4 Å². The Bertz CT molecular complexity index is 1310. The number of carbonyl (C=O) groups is 1. The van der Waals surface area contributed by atoms with Gasteiger partial charge in [0.05, 0.1) is 28.8 Å². The van der Waals surface area contributed by atoms with Crippen molar-refractivity contribution in [2.24, 2.45) is 0 Å². The second-order valence-electron chi connectivity index (χ2n) is 8.65. The van der Waals surface area contributed by atoms with E-state index in [1.54, 1.807) is 29.2 Å². The van der Waals surface area contributed by atoms with Gasteiger partial charge in [-0.1, -0.05) is 0 Å². The summed E-state index contributed by atoms with van der Waals surface area (Å²) < 4.78 is 79.7. The average Bonchev–Trinajstić information content (AvgIpc) is 3.49. The predicted octanol–water partition coefficient (Wildman–Crippen LogP) is 6.67. The number of thiophene rings is 1. The van der Waals surface area contributed by atoms with Crippen molar-refractivity contribution in [3.8, 4) is 0 Å². The van der Waals surface area contributed by atoms with Gasteiger partial charge in [-0.25, -0.2) is 0 Å². The first-order chi connectivity index (χ1) is 16.9. The Morgan fingerprint density at radius 2 is 1.58 bits per heavy atom. The zero-order valence-corrected chi connectivity index (χ0v) is 19.2. The second kappa shape index (κ2) is 8.26. The minimum Gasteiger partial charge on any atom is -0.359 e. The Balaban J connectivity index is 1.37. The van der Waals surface area contributed by atoms with Gasteiger partial charge < -0.3 is 15.5 Å². The lowest BCUT2D eigenvalue weighted by atomic mass is 9.91. The van der Waals surface area contributed by atoms with Gasteiger partial charge >= 0.3 is 12.4 Å². The molecule has 12 heteroatoms. The van der Waals surface area contributed by atoms with Crippen LogP contribution in [-0.4, -0.2) is 18.4 Å². The van der Waals surface area contributed by atoms with E-state index in [4.69, 9.17) is 5.41 Å². The summed E-state index contributed by atoms with van der Waals surface area (Å²) in [7, 11) is 0. The number of anilines is 3. The van der Waals surface area contributed by atoms with Crippen molar-refractivity contribution < 1.29 is 31.1 Å². The second-order valence-corrected chi connectivity index (χ2v) is 9.57. The number of nitrogens with zero attached hydrogens (tertiary/aromatic N) is 1. The van der Waals surface area contributed by atoms with Crippen LogP contribution in [0, 0.1) is 5.41 Å². The van der Waals surface area contributed by atoms with Crippen LogP contribution < -0.4 is 15.5 Å². The van der Waals surface area contributed by atoms with E-state index in [0.29, 0.717) is 36.0 Å². The van der Waals surface area contributed by atoms with Crippen LogP contribution >= 0.6 is 11.3 Å². The number of fused-ring (bicyclic) bond motifs is 1. The number of benzene rings is 2. The molecular weight excluding hydrogens is 506 g/mol. The molecular formula is C24H18F6N4OS. The Labute approximate surface area is 205 Å². The Kier molecular flexibility index (Phi) is 5.54. The minimum atomic E-state index is -4.99. The largest absolute Gasteiger partial charge is 0.416 e. The molecule has 1 aliphatic carbocycles. The molecule has 2 heterocycles. The molecule has 1 amide bonds. The first kappa shape index (κ1) is 24.2. The zero-order chi connectivity index (χ0) is 25.9. The molecule has 0 unspecified atom stereocenters. The normalized spacial score (nSPS) is 16.8. The molecule has 0 bridgehead atoms. The highest BCUT2D eigenvalue weighted by Crippen LogP contribution is 2.51. The fourth-order valence-corrected chi connectivity index (χ4v) is 4.99. The van der Waals surface area contributed by atoms with Gasteiger partial charge in [-0.2, -0.15) is 26.3 Å². The van der Waals surface area contributed by atoms with Crippen molar-refractivity contribution in [2.45, 2.75) is 30.6 Å². The van der Waals surface area contributed by atoms with Gasteiger partial charge in [-0.15, -0.1) is 11.3 Å². The molecule has 3 aromatic rings. The molecule has 5 rings (SSSR count). The summed E-state index contributed by atoms with van der Waals surface area (Å²) in [5.74, 6) is -0.360. The molecule has 2 aliphatic rings. The van der Waals surface area contributed by atoms with Crippen molar-refractivity contribution >= 4 is 39.5 Å². The van der Waals surface area contributed by atoms with E-state index in [-0.39, 0.29) is 24.5 Å². The molecule has 0 spiro atoms. The van der Waals surface area contributed by atoms with Gasteiger partial charge in [0.15, 0.2) is 0 Å². The molecule has 1 aromatic heterocycles. The van der Waals surface area contributed by atoms with Crippen LogP contribution in [0.5, 0.6) is 0 Å². The number of nitrogens with one attached hydrogen (secondary N) is 3. The average molecular weight is 524 g/mol. The van der Waals surface area contributed by atoms with Crippen LogP contribution in [0.3, 0.4) is 0 Å². The summed E-state index contributed by atoms with van der Waals surface area (Å²) in [6.45, 7) is 0.373. The topological polar surface area (TPSA) is 68.2 Å². The standard InChI is InChI=1S/C24H18F6N4OS/c25-23(26,27)14-9-13(10-15(11-14)24(28,29)30)22(6-7-22)21(35)33-16-1-3-17(4-2-16)34-12-32-20-18(19(34)31)5-8-36-20/h1-5,8-11,31-32H,6-7,12H2,(H,33,35). The zero-order valence-electron chi connectivity index (χ0n) is 18.3. The summed E-state index contributed by atoms with van der Waals surface area (Å²) in [5.41, 5.74) is -2.88. The number of alkyl halides is 6. The van der Waals surface area contributed by atoms with E-state index >= 15 is 0 Å². The maximum Gasteiger partial charge on any atom is 0.416 e. The van der Waals surface area contributed by atoms with Gasteiger partial charge in [-0.05, 0) is 72.3 Å². The van der Waals surface area contributed by atoms with Gasteiger partial charge in [0, 0.05) is 11.4 Å². The van der Waals surface area contributed by atoms with E-state index in [2.05, 4.69) is 10.6 Å². The number of halogens is 6. The number of amides is 1. The van der Waals surface area contributed by atoms with Crippen LogP contribution in [0.4, 0.5) is 42.7 Å². The van der Waals surface area contributed by atoms with Gasteiger partial charge in [-0.3, -0.25) is 10.2 Å². The highest BCUT2D eigenvalue weighted by atomic mass is 32.1. The molecule has 2 aromatic carbocycles. The van der Waals surface area contributed by atoms with Gasteiger partial charge in [0.25, 0.3) is 0 Å². The number of hydrogen-bond donors (Lipinski definition) is 3. The monoisotopic (exact) mass is 524 g/mol. The number of rotatable bonds is 4. The predicted molar refractivity (Wildman–Crippen MR) is 125 cm³/mol. The fourth-order valence-electron chi connectivity index (χ4n) is 4.21. The summed E-state index contributed by atoms with van der Waals surface area (Å²) in [5, 5.41) is 17.0. The van der Waals surface area contributed by atoms with Crippen LogP contribution in [-0.2, 0) is 22.6 Å². The van der Waals surface area contributed by atoms with Crippen LogP contribution in [0.15, 0.2) is 53.9 Å². The summed E-state index contributed by atoms with van der Waals surface area (Å²) in [4.78, 5) is 14.8. The highest BCUT2D eigenvalue weighted by molar-refractivity contribution is 7.14. The molecule has 1 aliphatic heterocycles. The lowest BCUT2D eigenvalue weighted by Crippen LogP contribution is -2.39. The van der Waals surface area contributed by atoms with Crippen molar-refractivity contribution in [2.75, 3.05) is 22.2 Å². The van der Waals surface area contributed by atoms with Gasteiger partial charge in [0.2, 0.25) is 5.91 Å². The smallest absolute Gasteiger partial charge is 0.359 e. The summed E-state index contributed by atoms with van der Waals surface area (Å²) in [6.07, 6.45) is -9.71. The molecule has 5 nitrogen and oxygen atoms in total. The molecule has 36 heavy (non-hydrogen) atoms. The summed E-state index contributed by atoms with van der Waals surface area (Å²) >= 11 is 1.50. The Hall–Kier alpha value is -3.54. The lowest BCUT2D eigenvalue weighted by molar-refractivity contribution is -0.143. The molecule has 0 radical (unpaired) electrons. The fraction of sp³-hybridized carbons (Fsp3) is 0.250. The molecule has 0 saturated heterocycles. The third-order valence-corrected chi connectivity index (χ3v) is 7.22. The third-order valence-electron chi connectivity index (χ3n) is 6.35. The van der Waals surface area contributed by atoms with E-state index in [1.165, 1.54) is 11.3 Å². The van der Waals surface area contributed by atoms with Crippen LogP contribution in [0.2, 0.25) is 0 Å². The number of hydrogen-bond acceptors (Lipinski definition) is 4. The quantitative estimate of drug-likeness (QED) is 0.334. The van der Waals surface area contributed by atoms with Crippen molar-refractivity contribution in [3.63, 3.8) is 0 Å². The van der Waals surface area contributed by atoms with Crippen molar-refractivity contribution in [1.29, 1.82) is 5.41 Å². The van der Waals surface area contributed by atoms with E-state index in [0.717, 1.165) is 10.6 Å². The first-order valence-corrected chi connectivity index (χ1v) is 11.7. The SMILES string of the molecule is N=C1c2ccsc2NCN1c1ccc(NC(=O)C2(c3cc(C(F)(F)F)cc(C(F)(F)F)c3)CC2)cc1. The molecule has 188 valence electrons. The van der Waals surface area contributed by atoms with Crippen molar-refractivity contribution in [1.82, 2.24) is 0 Å². The van der Waals surface area contributed by atoms with E-state index < -0.39 is 34.8 Å². The molecule has 1 saturated carbocycles. The molecule has 1 fully saturated rings. The minimum absolute atomic E-state index is 0.0578. The van der Waals surface area contributed by atoms with Crippen LogP contribution in [0.25, 0.3) is 0 Å². The first-order valence-electron chi connectivity index (χ1n) is 10.8. The highest BCUT2D eigenvalue weighted by Gasteiger charge is 2.53.